The number of carbonyl (C=O) groups excluding carboxylic acids is 1. The summed E-state index contributed by atoms with van der Waals surface area (Å²) in [5, 5.41) is 2.26. The van der Waals surface area contributed by atoms with E-state index in [0.29, 0.717) is 19.1 Å². The number of alkyl halides is 2. The van der Waals surface area contributed by atoms with Crippen LogP contribution in [0.4, 0.5) is 13.6 Å². The molecule has 0 spiro atoms. The quantitative estimate of drug-likeness (QED) is 0.819. The molecule has 1 atom stereocenters. The van der Waals surface area contributed by atoms with Gasteiger partial charge in [-0.15, -0.1) is 0 Å². The molecule has 6 heteroatoms. The number of carbonyl (C=O) groups is 1. The Bertz CT molecular complexity index is 295. The summed E-state index contributed by atoms with van der Waals surface area (Å²) in [5.74, 6) is -2.42. The van der Waals surface area contributed by atoms with E-state index in [-0.39, 0.29) is 13.1 Å². The van der Waals surface area contributed by atoms with Gasteiger partial charge in [-0.25, -0.2) is 13.6 Å². The van der Waals surface area contributed by atoms with E-state index in [1.807, 2.05) is 6.92 Å². The van der Waals surface area contributed by atoms with Crippen molar-refractivity contribution in [3.05, 3.63) is 0 Å². The minimum atomic E-state index is -2.87. The second-order valence-electron chi connectivity index (χ2n) is 4.83. The number of hydrogen-bond donors (Lipinski definition) is 1. The molecule has 2 fully saturated rings. The van der Waals surface area contributed by atoms with Gasteiger partial charge < -0.3 is 10.1 Å². The van der Waals surface area contributed by atoms with Gasteiger partial charge in [-0.2, -0.15) is 0 Å². The summed E-state index contributed by atoms with van der Waals surface area (Å²) >= 11 is 0. The fourth-order valence-corrected chi connectivity index (χ4v) is 1.92. The Hall–Kier alpha value is -0.910. The summed E-state index contributed by atoms with van der Waals surface area (Å²) < 4.78 is 31.9. The maximum atomic E-state index is 13.5. The van der Waals surface area contributed by atoms with Gasteiger partial charge in [-0.05, 0) is 25.3 Å². The Morgan fingerprint density at radius 1 is 1.53 bits per heavy atom. The van der Waals surface area contributed by atoms with Crippen LogP contribution in [0.1, 0.15) is 19.8 Å². The number of nitrogens with one attached hydrogen (secondary N) is 1. The lowest BCUT2D eigenvalue weighted by Crippen LogP contribution is -2.47. The topological polar surface area (TPSA) is 41.6 Å². The maximum Gasteiger partial charge on any atom is 0.407 e. The molecule has 1 saturated carbocycles. The summed E-state index contributed by atoms with van der Waals surface area (Å²) in [4.78, 5) is 12.9. The van der Waals surface area contributed by atoms with Crippen molar-refractivity contribution >= 4 is 6.09 Å². The second-order valence-corrected chi connectivity index (χ2v) is 4.83. The molecule has 1 aliphatic carbocycles. The van der Waals surface area contributed by atoms with Gasteiger partial charge in [-0.3, -0.25) is 4.90 Å². The van der Waals surface area contributed by atoms with Gasteiger partial charge in [0.25, 0.3) is 5.92 Å². The van der Waals surface area contributed by atoms with Crippen molar-refractivity contribution in [1.82, 2.24) is 10.2 Å². The molecule has 1 N–H and O–H groups in total. The van der Waals surface area contributed by atoms with E-state index < -0.39 is 18.1 Å². The van der Waals surface area contributed by atoms with E-state index in [2.05, 4.69) is 5.32 Å². The third-order valence-corrected chi connectivity index (χ3v) is 3.27. The zero-order valence-corrected chi connectivity index (χ0v) is 9.92. The molecule has 1 heterocycles. The summed E-state index contributed by atoms with van der Waals surface area (Å²) in [6.07, 6.45) is 1.41. The van der Waals surface area contributed by atoms with Gasteiger partial charge in [0.1, 0.15) is 6.04 Å². The zero-order valence-electron chi connectivity index (χ0n) is 9.92. The van der Waals surface area contributed by atoms with Crippen molar-refractivity contribution in [1.29, 1.82) is 0 Å². The van der Waals surface area contributed by atoms with Gasteiger partial charge in [0.15, 0.2) is 0 Å². The Morgan fingerprint density at radius 2 is 2.24 bits per heavy atom. The summed E-state index contributed by atoms with van der Waals surface area (Å²) in [6.45, 7) is 2.62. The van der Waals surface area contributed by atoms with Crippen LogP contribution in [0.5, 0.6) is 0 Å². The minimum Gasteiger partial charge on any atom is -0.449 e. The molecule has 2 aliphatic rings. The predicted molar refractivity (Wildman–Crippen MR) is 58.1 cm³/mol. The van der Waals surface area contributed by atoms with E-state index in [1.54, 1.807) is 4.90 Å². The SMILES string of the molecule is CCN1CC(NC(=O)OCC2CC2)C(F)(F)C1. The third-order valence-electron chi connectivity index (χ3n) is 3.27. The van der Waals surface area contributed by atoms with Crippen molar-refractivity contribution in [3.8, 4) is 0 Å². The van der Waals surface area contributed by atoms with Gasteiger partial charge >= 0.3 is 6.09 Å². The van der Waals surface area contributed by atoms with Crippen LogP contribution in [0.2, 0.25) is 0 Å². The Labute approximate surface area is 99.3 Å². The number of halogens is 2. The average Bonchev–Trinajstić information content (AvgIpc) is 3.03. The monoisotopic (exact) mass is 248 g/mol. The van der Waals surface area contributed by atoms with Crippen LogP contribution >= 0.6 is 0 Å². The highest BCUT2D eigenvalue weighted by Gasteiger charge is 2.48. The smallest absolute Gasteiger partial charge is 0.407 e. The highest BCUT2D eigenvalue weighted by atomic mass is 19.3. The molecule has 0 aromatic rings. The number of alkyl carbamates (subject to hydrolysis) is 1. The molecule has 0 aromatic heterocycles. The zero-order chi connectivity index (χ0) is 12.5. The number of amides is 1. The first-order valence-electron chi connectivity index (χ1n) is 6.04. The van der Waals surface area contributed by atoms with E-state index in [4.69, 9.17) is 4.74 Å². The Morgan fingerprint density at radius 3 is 2.76 bits per heavy atom. The predicted octanol–water partition coefficient (Wildman–Crippen LogP) is 1.46. The molecule has 17 heavy (non-hydrogen) atoms. The first-order valence-corrected chi connectivity index (χ1v) is 6.04. The molecule has 1 amide bonds. The number of likely N-dealkylation sites (N-methyl/N-ethyl adjacent to an activating group) is 1. The molecule has 1 saturated heterocycles. The highest BCUT2D eigenvalue weighted by Crippen LogP contribution is 2.29. The second kappa shape index (κ2) is 4.76. The number of ether oxygens (including phenoxy) is 1. The van der Waals surface area contributed by atoms with Crippen LogP contribution < -0.4 is 5.32 Å². The van der Waals surface area contributed by atoms with Crippen LogP contribution in [-0.4, -0.2) is 49.2 Å². The normalized spacial score (nSPS) is 28.1. The van der Waals surface area contributed by atoms with E-state index >= 15 is 0 Å². The fourth-order valence-electron chi connectivity index (χ4n) is 1.92. The van der Waals surface area contributed by atoms with Crippen LogP contribution in [-0.2, 0) is 4.74 Å². The Kier molecular flexibility index (Phi) is 3.51. The van der Waals surface area contributed by atoms with E-state index in [1.165, 1.54) is 0 Å². The van der Waals surface area contributed by atoms with Crippen LogP contribution in [0.3, 0.4) is 0 Å². The molecule has 98 valence electrons. The summed E-state index contributed by atoms with van der Waals surface area (Å²) in [6, 6.07) is -1.13. The molecule has 4 nitrogen and oxygen atoms in total. The van der Waals surface area contributed by atoms with E-state index in [0.717, 1.165) is 12.8 Å². The van der Waals surface area contributed by atoms with Crippen molar-refractivity contribution < 1.29 is 18.3 Å². The van der Waals surface area contributed by atoms with Crippen molar-refractivity contribution in [3.63, 3.8) is 0 Å². The molecule has 0 aromatic carbocycles. The highest BCUT2D eigenvalue weighted by molar-refractivity contribution is 5.67. The standard InChI is InChI=1S/C11H18F2N2O2/c1-2-15-5-9(11(12,13)7-15)14-10(16)17-6-8-3-4-8/h8-9H,2-7H2,1H3,(H,14,16). The maximum absolute atomic E-state index is 13.5. The molecule has 1 unspecified atom stereocenters. The first kappa shape index (κ1) is 12.5. The average molecular weight is 248 g/mol. The molecular formula is C11H18F2N2O2. The number of likely N-dealkylation sites (tertiary alicyclic amines) is 1. The number of hydrogen-bond acceptors (Lipinski definition) is 3. The number of rotatable bonds is 4. The lowest BCUT2D eigenvalue weighted by molar-refractivity contribution is -0.0106. The first-order chi connectivity index (χ1) is 8.01. The fraction of sp³-hybridized carbons (Fsp3) is 0.909. The van der Waals surface area contributed by atoms with Crippen LogP contribution in [0, 0.1) is 5.92 Å². The Balaban J connectivity index is 1.78. The summed E-state index contributed by atoms with van der Waals surface area (Å²) in [5.41, 5.74) is 0. The van der Waals surface area contributed by atoms with Gasteiger partial charge in [-0.1, -0.05) is 6.92 Å². The van der Waals surface area contributed by atoms with Gasteiger partial charge in [0.2, 0.25) is 0 Å². The van der Waals surface area contributed by atoms with E-state index in [9.17, 15) is 13.6 Å². The third kappa shape index (κ3) is 3.28. The molecule has 2 rings (SSSR count). The van der Waals surface area contributed by atoms with Crippen LogP contribution in [0.15, 0.2) is 0 Å². The molecule has 1 aliphatic heterocycles. The lowest BCUT2D eigenvalue weighted by Gasteiger charge is -2.18. The van der Waals surface area contributed by atoms with Crippen molar-refractivity contribution in [2.75, 3.05) is 26.2 Å². The molecular weight excluding hydrogens is 230 g/mol. The molecule has 0 bridgehead atoms. The lowest BCUT2D eigenvalue weighted by atomic mass is 10.2. The molecule has 0 radical (unpaired) electrons. The minimum absolute atomic E-state index is 0.183. The van der Waals surface area contributed by atoms with Gasteiger partial charge in [0.05, 0.1) is 13.2 Å². The van der Waals surface area contributed by atoms with Crippen molar-refractivity contribution in [2.45, 2.75) is 31.7 Å². The summed E-state index contributed by atoms with van der Waals surface area (Å²) in [7, 11) is 0. The van der Waals surface area contributed by atoms with Crippen LogP contribution in [0.25, 0.3) is 0 Å². The number of nitrogens with zero attached hydrogens (tertiary/aromatic N) is 1. The van der Waals surface area contributed by atoms with Gasteiger partial charge in [0, 0.05) is 6.54 Å². The van der Waals surface area contributed by atoms with Crippen molar-refractivity contribution in [2.24, 2.45) is 5.92 Å². The largest absolute Gasteiger partial charge is 0.449 e.